The average molecular weight is 982 g/mol. The molecule has 6 unspecified atom stereocenters. The van der Waals surface area contributed by atoms with Crippen molar-refractivity contribution in [2.75, 3.05) is 26.3 Å². The summed E-state index contributed by atoms with van der Waals surface area (Å²) >= 11 is 0. The van der Waals surface area contributed by atoms with Gasteiger partial charge in [-0.1, -0.05) is 201 Å². The van der Waals surface area contributed by atoms with E-state index in [-0.39, 0.29) is 12.8 Å². The smallest absolute Gasteiger partial charge is 0.408 e. The summed E-state index contributed by atoms with van der Waals surface area (Å²) in [7, 11) is 0. The maximum Gasteiger partial charge on any atom is 0.408 e. The second-order valence-corrected chi connectivity index (χ2v) is 20.1. The minimum atomic E-state index is -1.33. The van der Waals surface area contributed by atoms with Crippen LogP contribution in [0.25, 0.3) is 0 Å². The summed E-state index contributed by atoms with van der Waals surface area (Å²) in [5, 5.41) is 28.2. The van der Waals surface area contributed by atoms with Gasteiger partial charge in [-0.3, -0.25) is 0 Å². The van der Waals surface area contributed by atoms with Crippen molar-refractivity contribution in [1.29, 1.82) is 0 Å². The van der Waals surface area contributed by atoms with Gasteiger partial charge in [0, 0.05) is 26.3 Å². The number of aliphatic hydroxyl groups is 1. The predicted octanol–water partition coefficient (Wildman–Crippen LogP) is 13.4. The molecular formula is C55H103N3O11. The molecule has 0 spiro atoms. The number of hydrogen-bond acceptors (Lipinski definition) is 10. The SMILES string of the molecule is CCCCCCCCCCCCCCCCCNC(=O)OC1CCCOC1C(OC(=O)NC(CCC(O)CC)C(=O)O)C1OCCCC1OC(=O)NCCCCCCCCCCCCCCCCC. The first-order chi connectivity index (χ1) is 33.7. The molecule has 2 aliphatic rings. The van der Waals surface area contributed by atoms with Crippen LogP contribution in [-0.2, 0) is 28.5 Å². The van der Waals surface area contributed by atoms with E-state index in [1.165, 1.54) is 154 Å². The fourth-order valence-corrected chi connectivity index (χ4v) is 9.59. The Labute approximate surface area is 419 Å². The predicted molar refractivity (Wildman–Crippen MR) is 275 cm³/mol. The number of alkyl carbamates (subject to hydrolysis) is 3. The third kappa shape index (κ3) is 32.0. The van der Waals surface area contributed by atoms with Crippen LogP contribution < -0.4 is 16.0 Å². The van der Waals surface area contributed by atoms with Crippen LogP contribution in [0.3, 0.4) is 0 Å². The summed E-state index contributed by atoms with van der Waals surface area (Å²) < 4.78 is 30.3. The number of nitrogens with one attached hydrogen (secondary N) is 3. The molecule has 69 heavy (non-hydrogen) atoms. The fraction of sp³-hybridized carbons (Fsp3) is 0.927. The van der Waals surface area contributed by atoms with Gasteiger partial charge in [0.1, 0.15) is 30.5 Å². The Balaban J connectivity index is 1.89. The highest BCUT2D eigenvalue weighted by Gasteiger charge is 2.48. The monoisotopic (exact) mass is 982 g/mol. The minimum Gasteiger partial charge on any atom is -0.480 e. The maximum absolute atomic E-state index is 13.6. The van der Waals surface area contributed by atoms with Gasteiger partial charge in [0.05, 0.1) is 6.10 Å². The maximum atomic E-state index is 13.6. The zero-order chi connectivity index (χ0) is 50.0. The number of hydrogen-bond donors (Lipinski definition) is 5. The molecular weight excluding hydrogens is 879 g/mol. The van der Waals surface area contributed by atoms with Gasteiger partial charge in [0.2, 0.25) is 0 Å². The number of aliphatic carboxylic acids is 1. The van der Waals surface area contributed by atoms with Gasteiger partial charge in [-0.25, -0.2) is 19.2 Å². The molecule has 14 heteroatoms. The molecule has 2 fully saturated rings. The molecule has 0 aliphatic carbocycles. The molecule has 6 atom stereocenters. The van der Waals surface area contributed by atoms with E-state index >= 15 is 0 Å². The van der Waals surface area contributed by atoms with Crippen LogP contribution in [0, 0.1) is 0 Å². The van der Waals surface area contributed by atoms with E-state index in [0.29, 0.717) is 58.4 Å². The first-order valence-electron chi connectivity index (χ1n) is 28.7. The van der Waals surface area contributed by atoms with Gasteiger partial charge < -0.3 is 49.8 Å². The number of rotatable bonds is 43. The quantitative estimate of drug-likeness (QED) is 0.0289. The number of carbonyl (C=O) groups is 4. The Kier molecular flexibility index (Phi) is 38.6. The average Bonchev–Trinajstić information content (AvgIpc) is 3.34. The molecule has 0 bridgehead atoms. The molecule has 0 aromatic rings. The van der Waals surface area contributed by atoms with E-state index in [4.69, 9.17) is 23.7 Å². The zero-order valence-corrected chi connectivity index (χ0v) is 44.1. The lowest BCUT2D eigenvalue weighted by Crippen LogP contribution is -2.59. The van der Waals surface area contributed by atoms with E-state index in [2.05, 4.69) is 29.8 Å². The molecule has 0 aromatic heterocycles. The molecule has 0 radical (unpaired) electrons. The van der Waals surface area contributed by atoms with Crippen molar-refractivity contribution in [3.63, 3.8) is 0 Å². The summed E-state index contributed by atoms with van der Waals surface area (Å²) in [4.78, 5) is 52.1. The van der Waals surface area contributed by atoms with Crippen molar-refractivity contribution in [2.45, 2.75) is 301 Å². The summed E-state index contributed by atoms with van der Waals surface area (Å²) in [6.45, 7) is 7.86. The molecule has 0 saturated carbocycles. The second-order valence-electron chi connectivity index (χ2n) is 20.1. The summed E-state index contributed by atoms with van der Waals surface area (Å²) in [6.07, 6.45) is 32.6. The molecule has 2 saturated heterocycles. The number of aliphatic hydroxyl groups excluding tert-OH is 1. The third-order valence-electron chi connectivity index (χ3n) is 14.0. The lowest BCUT2D eigenvalue weighted by atomic mass is 9.91. The summed E-state index contributed by atoms with van der Waals surface area (Å²) in [5.74, 6) is -1.27. The van der Waals surface area contributed by atoms with E-state index in [9.17, 15) is 29.4 Å². The first-order valence-corrected chi connectivity index (χ1v) is 28.7. The normalized spacial score (nSPS) is 19.5. The van der Waals surface area contributed by atoms with Gasteiger partial charge in [-0.15, -0.1) is 0 Å². The zero-order valence-electron chi connectivity index (χ0n) is 44.1. The minimum absolute atomic E-state index is 0.0134. The first kappa shape index (κ1) is 62.3. The number of ether oxygens (including phenoxy) is 5. The number of carbonyl (C=O) groups excluding carboxylic acids is 3. The summed E-state index contributed by atoms with van der Waals surface area (Å²) in [6, 6.07) is -1.33. The van der Waals surface area contributed by atoms with Crippen LogP contribution in [0.4, 0.5) is 14.4 Å². The highest BCUT2D eigenvalue weighted by atomic mass is 16.6. The van der Waals surface area contributed by atoms with Crippen molar-refractivity contribution >= 4 is 24.2 Å². The van der Waals surface area contributed by atoms with E-state index in [1.807, 2.05) is 0 Å². The molecule has 2 heterocycles. The van der Waals surface area contributed by atoms with Gasteiger partial charge >= 0.3 is 24.2 Å². The molecule has 0 aromatic carbocycles. The largest absolute Gasteiger partial charge is 0.480 e. The van der Waals surface area contributed by atoms with Crippen LogP contribution in [0.2, 0.25) is 0 Å². The molecule has 3 amide bonds. The number of amides is 3. The van der Waals surface area contributed by atoms with Crippen molar-refractivity contribution < 1.29 is 53.1 Å². The third-order valence-corrected chi connectivity index (χ3v) is 14.0. The van der Waals surface area contributed by atoms with Crippen LogP contribution >= 0.6 is 0 Å². The van der Waals surface area contributed by atoms with Crippen LogP contribution in [0.15, 0.2) is 0 Å². The van der Waals surface area contributed by atoms with E-state index < -0.39 is 66.9 Å². The molecule has 5 N–H and O–H groups in total. The van der Waals surface area contributed by atoms with Crippen LogP contribution in [0.5, 0.6) is 0 Å². The van der Waals surface area contributed by atoms with Crippen molar-refractivity contribution in [2.24, 2.45) is 0 Å². The lowest BCUT2D eigenvalue weighted by Gasteiger charge is -2.42. The Bertz CT molecular complexity index is 1210. The highest BCUT2D eigenvalue weighted by Crippen LogP contribution is 2.31. The van der Waals surface area contributed by atoms with Gasteiger partial charge in [0.15, 0.2) is 6.10 Å². The Morgan fingerprint density at radius 1 is 0.507 bits per heavy atom. The molecule has 2 rings (SSSR count). The molecule has 14 nitrogen and oxygen atoms in total. The fourth-order valence-electron chi connectivity index (χ4n) is 9.59. The number of unbranched alkanes of at least 4 members (excludes halogenated alkanes) is 28. The second kappa shape index (κ2) is 42.8. The summed E-state index contributed by atoms with van der Waals surface area (Å²) in [5.41, 5.74) is 0. The topological polar surface area (TPSA) is 191 Å². The van der Waals surface area contributed by atoms with Gasteiger partial charge in [-0.2, -0.15) is 0 Å². The number of carboxylic acid groups (broad SMARTS) is 1. The Morgan fingerprint density at radius 3 is 1.19 bits per heavy atom. The standard InChI is InChI=1S/C55H103N3O11/c1-4-7-9-11-13-15-17-19-21-23-25-27-29-31-33-41-56-53(62)67-47-37-35-43-65-49(47)51(69-55(64)58-46(52(60)61)40-39-45(59)6-3)50-48(38-36-44-66-50)68-54(63)57-42-34-32-30-28-26-24-22-20-18-16-14-12-10-8-5-2/h45-51,59H,4-44H2,1-3H3,(H,56,62)(H,57,63)(H,58,64)(H,60,61). The lowest BCUT2D eigenvalue weighted by molar-refractivity contribution is -0.194. The van der Waals surface area contributed by atoms with Crippen LogP contribution in [-0.4, -0.2) is 103 Å². The number of carboxylic acids is 1. The molecule has 404 valence electrons. The van der Waals surface area contributed by atoms with E-state index in [0.717, 1.165) is 38.5 Å². The van der Waals surface area contributed by atoms with Crippen molar-refractivity contribution in [3.8, 4) is 0 Å². The highest BCUT2D eigenvalue weighted by molar-refractivity contribution is 5.80. The molecule has 2 aliphatic heterocycles. The van der Waals surface area contributed by atoms with Crippen molar-refractivity contribution in [1.82, 2.24) is 16.0 Å². The Hall–Kier alpha value is -2.84. The Morgan fingerprint density at radius 2 is 0.855 bits per heavy atom. The van der Waals surface area contributed by atoms with Gasteiger partial charge in [-0.05, 0) is 57.8 Å². The van der Waals surface area contributed by atoms with Crippen molar-refractivity contribution in [3.05, 3.63) is 0 Å². The van der Waals surface area contributed by atoms with Gasteiger partial charge in [0.25, 0.3) is 0 Å². The van der Waals surface area contributed by atoms with E-state index in [1.54, 1.807) is 6.92 Å². The van der Waals surface area contributed by atoms with Crippen LogP contribution in [0.1, 0.15) is 258 Å².